The van der Waals surface area contributed by atoms with Gasteiger partial charge in [-0.05, 0) is 68.6 Å². The standard InChI is InChI=1S/C26H35N7O2/c1-5-18-13-21(14-28-24(18)27)29-25(34)26(35)33-15-17(2)6-9-23(33)19-7-8-22-20(12-19)16-32(30-22)11-10-31(3)4/h7-8,12-14,16-17,23H,5-6,9-11,15H2,1-4H3,(H2,27,28)(H,29,34)/t17-,23+/m0/s1. The predicted molar refractivity (Wildman–Crippen MR) is 138 cm³/mol. The van der Waals surface area contributed by atoms with Crippen molar-refractivity contribution in [2.75, 3.05) is 38.2 Å². The number of fused-ring (bicyclic) bond motifs is 1. The summed E-state index contributed by atoms with van der Waals surface area (Å²) in [6.45, 7) is 6.33. The first kappa shape index (κ1) is 24.7. The van der Waals surface area contributed by atoms with Gasteiger partial charge in [0.1, 0.15) is 5.82 Å². The molecule has 1 fully saturated rings. The second kappa shape index (κ2) is 10.4. The largest absolute Gasteiger partial charge is 0.383 e. The number of hydrogen-bond donors (Lipinski definition) is 2. The summed E-state index contributed by atoms with van der Waals surface area (Å²) < 4.78 is 1.96. The number of aryl methyl sites for hydroxylation is 1. The number of nitrogens with two attached hydrogens (primary N) is 1. The predicted octanol–water partition coefficient (Wildman–Crippen LogP) is 3.08. The number of amides is 2. The van der Waals surface area contributed by atoms with E-state index in [1.54, 1.807) is 11.0 Å². The van der Waals surface area contributed by atoms with E-state index < -0.39 is 11.8 Å². The third-order valence-electron chi connectivity index (χ3n) is 6.65. The molecule has 1 aromatic carbocycles. The van der Waals surface area contributed by atoms with Crippen molar-refractivity contribution in [2.45, 2.75) is 45.7 Å². The Morgan fingerprint density at radius 2 is 2.03 bits per heavy atom. The third-order valence-corrected chi connectivity index (χ3v) is 6.65. The smallest absolute Gasteiger partial charge is 0.313 e. The molecule has 9 nitrogen and oxygen atoms in total. The average Bonchev–Trinajstić information content (AvgIpc) is 3.25. The quantitative estimate of drug-likeness (QED) is 0.528. The zero-order valence-electron chi connectivity index (χ0n) is 21.0. The highest BCUT2D eigenvalue weighted by Gasteiger charge is 2.34. The molecule has 0 aliphatic carbocycles. The molecule has 0 spiro atoms. The summed E-state index contributed by atoms with van der Waals surface area (Å²) in [6, 6.07) is 7.75. The van der Waals surface area contributed by atoms with E-state index in [9.17, 15) is 9.59 Å². The second-order valence-corrected chi connectivity index (χ2v) is 9.75. The normalized spacial score (nSPS) is 18.3. The van der Waals surface area contributed by atoms with Crippen LogP contribution in [0.25, 0.3) is 10.9 Å². The monoisotopic (exact) mass is 477 g/mol. The molecular formula is C26H35N7O2. The van der Waals surface area contributed by atoms with Crippen molar-refractivity contribution >= 4 is 34.2 Å². The highest BCUT2D eigenvalue weighted by Crippen LogP contribution is 2.34. The first-order chi connectivity index (χ1) is 16.7. The van der Waals surface area contributed by atoms with Crippen molar-refractivity contribution in [3.05, 3.63) is 47.8 Å². The Hall–Kier alpha value is -3.46. The molecule has 0 radical (unpaired) electrons. The lowest BCUT2D eigenvalue weighted by Crippen LogP contribution is -2.46. The summed E-state index contributed by atoms with van der Waals surface area (Å²) in [7, 11) is 4.08. The van der Waals surface area contributed by atoms with Crippen molar-refractivity contribution in [3.63, 3.8) is 0 Å². The zero-order chi connectivity index (χ0) is 25.1. The Bertz CT molecular complexity index is 1220. The summed E-state index contributed by atoms with van der Waals surface area (Å²) in [6.07, 6.45) is 6.03. The fraction of sp³-hybridized carbons (Fsp3) is 0.462. The number of carbonyl (C=O) groups excluding carboxylic acids is 2. The summed E-state index contributed by atoms with van der Waals surface area (Å²) in [5, 5.41) is 8.42. The Balaban J connectivity index is 1.54. The van der Waals surface area contributed by atoms with Gasteiger partial charge in [0.15, 0.2) is 0 Å². The minimum atomic E-state index is -0.657. The molecule has 0 bridgehead atoms. The Kier molecular flexibility index (Phi) is 7.35. The van der Waals surface area contributed by atoms with Crippen LogP contribution >= 0.6 is 0 Å². The van der Waals surface area contributed by atoms with Gasteiger partial charge in [-0.15, -0.1) is 0 Å². The van der Waals surface area contributed by atoms with Crippen LogP contribution in [0.15, 0.2) is 36.7 Å². The maximum atomic E-state index is 13.3. The Labute approximate surface area is 206 Å². The highest BCUT2D eigenvalue weighted by molar-refractivity contribution is 6.39. The molecule has 0 unspecified atom stereocenters. The van der Waals surface area contributed by atoms with E-state index in [0.29, 0.717) is 30.4 Å². The van der Waals surface area contributed by atoms with E-state index in [0.717, 1.165) is 48.0 Å². The van der Waals surface area contributed by atoms with Crippen molar-refractivity contribution in [3.8, 4) is 0 Å². The number of anilines is 2. The van der Waals surface area contributed by atoms with Crippen LogP contribution in [-0.4, -0.2) is 63.6 Å². The molecular weight excluding hydrogens is 442 g/mol. The van der Waals surface area contributed by atoms with Gasteiger partial charge in [0.25, 0.3) is 0 Å². The van der Waals surface area contributed by atoms with Gasteiger partial charge in [0.05, 0.1) is 30.0 Å². The van der Waals surface area contributed by atoms with E-state index in [4.69, 9.17) is 5.73 Å². The van der Waals surface area contributed by atoms with Crippen LogP contribution in [0.1, 0.15) is 43.9 Å². The highest BCUT2D eigenvalue weighted by atomic mass is 16.2. The molecule has 3 heterocycles. The number of benzene rings is 1. The molecule has 1 aliphatic heterocycles. The van der Waals surface area contributed by atoms with E-state index in [-0.39, 0.29) is 6.04 Å². The molecule has 0 saturated carbocycles. The van der Waals surface area contributed by atoms with Gasteiger partial charge in [-0.25, -0.2) is 4.98 Å². The van der Waals surface area contributed by atoms with Gasteiger partial charge in [-0.1, -0.05) is 19.9 Å². The molecule has 35 heavy (non-hydrogen) atoms. The molecule has 186 valence electrons. The molecule has 1 saturated heterocycles. The van der Waals surface area contributed by atoms with Gasteiger partial charge in [-0.3, -0.25) is 14.3 Å². The van der Waals surface area contributed by atoms with Crippen LogP contribution < -0.4 is 11.1 Å². The number of nitrogen functional groups attached to an aromatic ring is 1. The van der Waals surface area contributed by atoms with Crippen LogP contribution in [0.4, 0.5) is 11.5 Å². The average molecular weight is 478 g/mol. The van der Waals surface area contributed by atoms with Crippen LogP contribution in [0.2, 0.25) is 0 Å². The number of aromatic nitrogens is 3. The van der Waals surface area contributed by atoms with Crippen LogP contribution in [-0.2, 0) is 22.6 Å². The lowest BCUT2D eigenvalue weighted by Gasteiger charge is -2.38. The SMILES string of the molecule is CCc1cc(NC(=O)C(=O)N2C[C@@H](C)CC[C@@H]2c2ccc3nn(CCN(C)C)cc3c2)cnc1N. The molecule has 2 atom stereocenters. The Morgan fingerprint density at radius 3 is 2.77 bits per heavy atom. The summed E-state index contributed by atoms with van der Waals surface area (Å²) in [5.41, 5.74) is 9.13. The number of pyridine rings is 1. The zero-order valence-corrected chi connectivity index (χ0v) is 21.0. The second-order valence-electron chi connectivity index (χ2n) is 9.75. The number of nitrogens with one attached hydrogen (secondary N) is 1. The third kappa shape index (κ3) is 5.62. The minimum Gasteiger partial charge on any atom is -0.383 e. The van der Waals surface area contributed by atoms with Crippen LogP contribution in [0.5, 0.6) is 0 Å². The maximum Gasteiger partial charge on any atom is 0.313 e. The summed E-state index contributed by atoms with van der Waals surface area (Å²) >= 11 is 0. The van der Waals surface area contributed by atoms with E-state index in [2.05, 4.69) is 33.3 Å². The van der Waals surface area contributed by atoms with Crippen LogP contribution in [0.3, 0.4) is 0 Å². The van der Waals surface area contributed by atoms with E-state index in [1.165, 1.54) is 6.20 Å². The van der Waals surface area contributed by atoms with Gasteiger partial charge in [0, 0.05) is 24.7 Å². The maximum absolute atomic E-state index is 13.3. The van der Waals surface area contributed by atoms with Gasteiger partial charge in [0.2, 0.25) is 0 Å². The molecule has 4 rings (SSSR count). The first-order valence-electron chi connectivity index (χ1n) is 12.2. The number of likely N-dealkylation sites (tertiary alicyclic amines) is 1. The number of nitrogens with zero attached hydrogens (tertiary/aromatic N) is 5. The van der Waals surface area contributed by atoms with Crippen molar-refractivity contribution in [1.82, 2.24) is 24.6 Å². The molecule has 1 aliphatic rings. The molecule has 2 amide bonds. The summed E-state index contributed by atoms with van der Waals surface area (Å²) in [4.78, 5) is 34.2. The number of rotatable bonds is 6. The van der Waals surface area contributed by atoms with Crippen molar-refractivity contribution < 1.29 is 9.59 Å². The number of likely N-dealkylation sites (N-methyl/N-ethyl adjacent to an activating group) is 1. The van der Waals surface area contributed by atoms with E-state index >= 15 is 0 Å². The lowest BCUT2D eigenvalue weighted by atomic mass is 9.89. The fourth-order valence-corrected chi connectivity index (χ4v) is 4.63. The first-order valence-corrected chi connectivity index (χ1v) is 12.2. The minimum absolute atomic E-state index is 0.158. The number of carbonyl (C=O) groups is 2. The van der Waals surface area contributed by atoms with Gasteiger partial charge >= 0.3 is 11.8 Å². The molecule has 3 aromatic rings. The lowest BCUT2D eigenvalue weighted by molar-refractivity contribution is -0.146. The summed E-state index contributed by atoms with van der Waals surface area (Å²) in [5.74, 6) is -0.430. The van der Waals surface area contributed by atoms with Gasteiger partial charge in [-0.2, -0.15) is 5.10 Å². The molecule has 3 N–H and O–H groups in total. The van der Waals surface area contributed by atoms with Crippen molar-refractivity contribution in [2.24, 2.45) is 5.92 Å². The van der Waals surface area contributed by atoms with E-state index in [1.807, 2.05) is 44.0 Å². The topological polar surface area (TPSA) is 109 Å². The van der Waals surface area contributed by atoms with Gasteiger partial charge < -0.3 is 20.9 Å². The van der Waals surface area contributed by atoms with Crippen LogP contribution in [0, 0.1) is 5.92 Å². The molecule has 9 heteroatoms. The van der Waals surface area contributed by atoms with Crippen molar-refractivity contribution in [1.29, 1.82) is 0 Å². The molecule has 2 aromatic heterocycles. The number of hydrogen-bond acceptors (Lipinski definition) is 6. The fourth-order valence-electron chi connectivity index (χ4n) is 4.63. The number of piperidine rings is 1. The Morgan fingerprint density at radius 1 is 1.23 bits per heavy atom.